The largest absolute Gasteiger partial charge is 0.353 e. The second-order valence-corrected chi connectivity index (χ2v) is 10.0. The Morgan fingerprint density at radius 3 is 2.26 bits per heavy atom. The van der Waals surface area contributed by atoms with E-state index in [0.717, 1.165) is 35.6 Å². The summed E-state index contributed by atoms with van der Waals surface area (Å²) in [7, 11) is 0. The third kappa shape index (κ3) is 8.66. The Labute approximate surface area is 237 Å². The van der Waals surface area contributed by atoms with Gasteiger partial charge in [0.25, 0.3) is 0 Å². The van der Waals surface area contributed by atoms with Gasteiger partial charge in [-0.15, -0.1) is 12.4 Å². The van der Waals surface area contributed by atoms with Gasteiger partial charge in [-0.05, 0) is 48.9 Å². The predicted octanol–water partition coefficient (Wildman–Crippen LogP) is 2.30. The van der Waals surface area contributed by atoms with Crippen molar-refractivity contribution >= 4 is 46.8 Å². The summed E-state index contributed by atoms with van der Waals surface area (Å²) in [6.07, 6.45) is 3.08. The predicted molar refractivity (Wildman–Crippen MR) is 155 cm³/mol. The molecule has 39 heavy (non-hydrogen) atoms. The first kappa shape index (κ1) is 32.0. The number of benzene rings is 2. The van der Waals surface area contributed by atoms with E-state index in [2.05, 4.69) is 16.0 Å². The maximum Gasteiger partial charge on any atom is 0.243 e. The molecule has 0 bridgehead atoms. The summed E-state index contributed by atoms with van der Waals surface area (Å²) in [4.78, 5) is 53.1. The number of nitrogens with two attached hydrogens (primary N) is 1. The molecule has 0 aliphatic carbocycles. The van der Waals surface area contributed by atoms with E-state index in [0.29, 0.717) is 19.4 Å². The number of rotatable bonds is 12. The maximum atomic E-state index is 13.4. The zero-order chi connectivity index (χ0) is 27.7. The van der Waals surface area contributed by atoms with Gasteiger partial charge in [0.05, 0.1) is 6.04 Å². The van der Waals surface area contributed by atoms with Crippen LogP contribution in [-0.4, -0.2) is 66.3 Å². The molecule has 0 aromatic heterocycles. The SMILES string of the molecule is CCC(CC)C(=O)N1CCCC1C(=O)N[C@H](Cc1ccc2ccccc2c1)C(=O)NCCNC(=O)[C@H](C)N.Cl. The van der Waals surface area contributed by atoms with Crippen molar-refractivity contribution in [3.05, 3.63) is 48.0 Å². The molecule has 4 amide bonds. The zero-order valence-corrected chi connectivity index (χ0v) is 23.9. The van der Waals surface area contributed by atoms with Gasteiger partial charge >= 0.3 is 0 Å². The molecule has 1 fully saturated rings. The first-order valence-corrected chi connectivity index (χ1v) is 13.6. The van der Waals surface area contributed by atoms with Crippen LogP contribution in [0.1, 0.15) is 52.0 Å². The van der Waals surface area contributed by atoms with Gasteiger partial charge < -0.3 is 26.6 Å². The van der Waals surface area contributed by atoms with Gasteiger partial charge in [0.2, 0.25) is 23.6 Å². The second-order valence-electron chi connectivity index (χ2n) is 10.0. The fourth-order valence-electron chi connectivity index (χ4n) is 4.91. The quantitative estimate of drug-likeness (QED) is 0.296. The number of fused-ring (bicyclic) bond motifs is 1. The molecule has 214 valence electrons. The normalized spacial score (nSPS) is 16.3. The minimum Gasteiger partial charge on any atom is -0.353 e. The molecule has 1 saturated heterocycles. The molecule has 1 aliphatic rings. The molecule has 1 aliphatic heterocycles. The highest BCUT2D eigenvalue weighted by Crippen LogP contribution is 2.23. The van der Waals surface area contributed by atoms with Crippen LogP contribution in [0, 0.1) is 5.92 Å². The van der Waals surface area contributed by atoms with Gasteiger partial charge in [0, 0.05) is 32.0 Å². The minimum atomic E-state index is -0.835. The van der Waals surface area contributed by atoms with E-state index in [4.69, 9.17) is 5.73 Å². The lowest BCUT2D eigenvalue weighted by molar-refractivity contribution is -0.142. The first-order chi connectivity index (χ1) is 18.2. The molecule has 10 heteroatoms. The van der Waals surface area contributed by atoms with Crippen molar-refractivity contribution in [3.8, 4) is 0 Å². The summed E-state index contributed by atoms with van der Waals surface area (Å²) in [5.74, 6) is -1.06. The summed E-state index contributed by atoms with van der Waals surface area (Å²) in [6.45, 7) is 6.53. The van der Waals surface area contributed by atoms with Crippen molar-refractivity contribution in [2.75, 3.05) is 19.6 Å². The fraction of sp³-hybridized carbons (Fsp3) is 0.517. The highest BCUT2D eigenvalue weighted by Gasteiger charge is 2.37. The highest BCUT2D eigenvalue weighted by molar-refractivity contribution is 5.93. The standard InChI is InChI=1S/C29H41N5O4.ClH/c1-4-21(5-2)29(38)34-16-8-11-25(34)28(37)33-24(27(36)32-15-14-31-26(35)19(3)30)18-20-12-13-22-9-6-7-10-23(22)17-20;/h6-7,9-10,12-13,17,19,21,24-25H,4-5,8,11,14-16,18,30H2,1-3H3,(H,31,35)(H,32,36)(H,33,37);1H/t19-,24+,25?;/m0./s1. The smallest absolute Gasteiger partial charge is 0.243 e. The number of nitrogens with zero attached hydrogens (tertiary/aromatic N) is 1. The molecule has 1 heterocycles. The van der Waals surface area contributed by atoms with Gasteiger partial charge in [-0.25, -0.2) is 0 Å². The van der Waals surface area contributed by atoms with Crippen molar-refractivity contribution < 1.29 is 19.2 Å². The Hall–Kier alpha value is -3.17. The number of hydrogen-bond donors (Lipinski definition) is 4. The number of amides is 4. The van der Waals surface area contributed by atoms with Crippen LogP contribution < -0.4 is 21.7 Å². The van der Waals surface area contributed by atoms with Crippen LogP contribution in [0.25, 0.3) is 10.8 Å². The third-order valence-electron chi connectivity index (χ3n) is 7.20. The lowest BCUT2D eigenvalue weighted by Crippen LogP contribution is -2.55. The zero-order valence-electron chi connectivity index (χ0n) is 23.1. The van der Waals surface area contributed by atoms with Gasteiger partial charge in [-0.3, -0.25) is 19.2 Å². The average molecular weight is 560 g/mol. The van der Waals surface area contributed by atoms with Crippen molar-refractivity contribution in [2.45, 2.75) is 71.0 Å². The summed E-state index contributed by atoms with van der Waals surface area (Å²) in [5.41, 5.74) is 6.47. The van der Waals surface area contributed by atoms with Crippen molar-refractivity contribution in [2.24, 2.45) is 11.7 Å². The molecule has 2 aromatic carbocycles. The highest BCUT2D eigenvalue weighted by atomic mass is 35.5. The lowest BCUT2D eigenvalue weighted by Gasteiger charge is -2.29. The maximum absolute atomic E-state index is 13.4. The number of nitrogens with one attached hydrogen (secondary N) is 3. The summed E-state index contributed by atoms with van der Waals surface area (Å²) >= 11 is 0. The Kier molecular flexibility index (Phi) is 12.7. The Morgan fingerprint density at radius 1 is 0.974 bits per heavy atom. The van der Waals surface area contributed by atoms with Crippen LogP contribution in [0.3, 0.4) is 0 Å². The van der Waals surface area contributed by atoms with E-state index < -0.39 is 18.1 Å². The summed E-state index contributed by atoms with van der Waals surface area (Å²) in [6, 6.07) is 11.9. The summed E-state index contributed by atoms with van der Waals surface area (Å²) < 4.78 is 0. The number of likely N-dealkylation sites (tertiary alicyclic amines) is 1. The molecule has 9 nitrogen and oxygen atoms in total. The van der Waals surface area contributed by atoms with Gasteiger partial charge in [0.15, 0.2) is 0 Å². The second kappa shape index (κ2) is 15.4. The third-order valence-corrected chi connectivity index (χ3v) is 7.20. The van der Waals surface area contributed by atoms with Gasteiger partial charge in [0.1, 0.15) is 12.1 Å². The number of hydrogen-bond acceptors (Lipinski definition) is 5. The summed E-state index contributed by atoms with van der Waals surface area (Å²) in [5, 5.41) is 10.5. The minimum absolute atomic E-state index is 0. The van der Waals surface area contributed by atoms with Crippen molar-refractivity contribution in [1.82, 2.24) is 20.9 Å². The van der Waals surface area contributed by atoms with Crippen molar-refractivity contribution in [1.29, 1.82) is 0 Å². The van der Waals surface area contributed by atoms with Crippen LogP contribution in [0.5, 0.6) is 0 Å². The molecular weight excluding hydrogens is 518 g/mol. The van der Waals surface area contributed by atoms with Gasteiger partial charge in [-0.1, -0.05) is 56.3 Å². The van der Waals surface area contributed by atoms with Crippen LogP contribution >= 0.6 is 12.4 Å². The van der Waals surface area contributed by atoms with E-state index in [-0.39, 0.29) is 55.0 Å². The van der Waals surface area contributed by atoms with E-state index >= 15 is 0 Å². The monoisotopic (exact) mass is 559 g/mol. The molecule has 1 unspecified atom stereocenters. The molecule has 3 atom stereocenters. The Bertz CT molecular complexity index is 1140. The van der Waals surface area contributed by atoms with Gasteiger partial charge in [-0.2, -0.15) is 0 Å². The number of carbonyl (C=O) groups is 4. The topological polar surface area (TPSA) is 134 Å². The van der Waals surface area contributed by atoms with E-state index in [1.807, 2.05) is 56.3 Å². The number of halogens is 1. The Balaban J connectivity index is 0.00000533. The van der Waals surface area contributed by atoms with E-state index in [1.165, 1.54) is 0 Å². The molecule has 5 N–H and O–H groups in total. The molecule has 0 radical (unpaired) electrons. The molecule has 0 spiro atoms. The Morgan fingerprint density at radius 2 is 1.62 bits per heavy atom. The number of carbonyl (C=O) groups excluding carboxylic acids is 4. The van der Waals surface area contributed by atoms with Crippen LogP contribution in [-0.2, 0) is 25.6 Å². The van der Waals surface area contributed by atoms with Crippen LogP contribution in [0.4, 0.5) is 0 Å². The van der Waals surface area contributed by atoms with E-state index in [1.54, 1.807) is 11.8 Å². The lowest BCUT2D eigenvalue weighted by atomic mass is 10.00. The first-order valence-electron chi connectivity index (χ1n) is 13.6. The molecule has 3 rings (SSSR count). The van der Waals surface area contributed by atoms with Crippen molar-refractivity contribution in [3.63, 3.8) is 0 Å². The van der Waals surface area contributed by atoms with Crippen LogP contribution in [0.2, 0.25) is 0 Å². The van der Waals surface area contributed by atoms with E-state index in [9.17, 15) is 19.2 Å². The molecule has 0 saturated carbocycles. The molecular formula is C29H42ClN5O4. The fourth-order valence-corrected chi connectivity index (χ4v) is 4.91. The van der Waals surface area contributed by atoms with Crippen LogP contribution in [0.15, 0.2) is 42.5 Å². The average Bonchev–Trinajstić information content (AvgIpc) is 3.41. The molecule has 2 aromatic rings.